The molecule has 0 saturated heterocycles. The Labute approximate surface area is 125 Å². The number of aromatic nitrogens is 1. The van der Waals surface area contributed by atoms with Crippen LogP contribution in [0, 0.1) is 0 Å². The maximum atomic E-state index is 11.7. The summed E-state index contributed by atoms with van der Waals surface area (Å²) in [5, 5.41) is 13.3. The second-order valence-electron chi connectivity index (χ2n) is 4.17. The largest absolute Gasteiger partial charge is 0.493 e. The molecule has 2 rings (SSSR count). The van der Waals surface area contributed by atoms with Crippen LogP contribution in [0.1, 0.15) is 12.1 Å². The summed E-state index contributed by atoms with van der Waals surface area (Å²) in [5.41, 5.74) is 0.434. The molecule has 0 unspecified atom stereocenters. The Bertz CT molecular complexity index is 612. The van der Waals surface area contributed by atoms with Gasteiger partial charge in [-0.15, -0.1) is 11.3 Å². The van der Waals surface area contributed by atoms with E-state index in [-0.39, 0.29) is 25.4 Å². The van der Waals surface area contributed by atoms with Gasteiger partial charge >= 0.3 is 5.97 Å². The van der Waals surface area contributed by atoms with E-state index in [9.17, 15) is 9.59 Å². The summed E-state index contributed by atoms with van der Waals surface area (Å²) in [7, 11) is 0. The maximum absolute atomic E-state index is 11.7. The summed E-state index contributed by atoms with van der Waals surface area (Å²) in [6.07, 6.45) is 0.0478. The number of para-hydroxylation sites is 1. The number of carbonyl (C=O) groups excluding carboxylic acids is 1. The number of nitrogens with zero attached hydrogens (tertiary/aromatic N) is 1. The fourth-order valence-corrected chi connectivity index (χ4v) is 2.29. The number of benzene rings is 1. The molecule has 0 bridgehead atoms. The number of hydrogen-bond acceptors (Lipinski definition) is 5. The van der Waals surface area contributed by atoms with E-state index < -0.39 is 5.97 Å². The Morgan fingerprint density at radius 1 is 1.29 bits per heavy atom. The molecule has 0 fully saturated rings. The molecule has 2 aromatic rings. The monoisotopic (exact) mass is 306 g/mol. The molecule has 0 aliphatic rings. The van der Waals surface area contributed by atoms with Crippen molar-refractivity contribution in [3.05, 3.63) is 41.4 Å². The highest BCUT2D eigenvalue weighted by Gasteiger charge is 2.09. The first-order valence-electron chi connectivity index (χ1n) is 6.27. The number of amides is 1. The summed E-state index contributed by atoms with van der Waals surface area (Å²) in [6.45, 7) is 0.267. The average molecular weight is 306 g/mol. The Morgan fingerprint density at radius 2 is 2.05 bits per heavy atom. The third-order valence-corrected chi connectivity index (χ3v) is 3.28. The first-order chi connectivity index (χ1) is 10.1. The molecule has 1 amide bonds. The molecule has 0 atom stereocenters. The highest BCUT2D eigenvalue weighted by molar-refractivity contribution is 7.13. The van der Waals surface area contributed by atoms with Crippen LogP contribution < -0.4 is 10.1 Å². The lowest BCUT2D eigenvalue weighted by atomic mass is 10.3. The van der Waals surface area contributed by atoms with E-state index in [0.717, 1.165) is 0 Å². The topological polar surface area (TPSA) is 88.5 Å². The Balaban J connectivity index is 1.74. The van der Waals surface area contributed by atoms with Gasteiger partial charge in [0.1, 0.15) is 5.75 Å². The molecule has 0 saturated carbocycles. The molecule has 2 N–H and O–H groups in total. The molecule has 0 aliphatic carbocycles. The second kappa shape index (κ2) is 7.39. The lowest BCUT2D eigenvalue weighted by Gasteiger charge is -2.05. The number of thiazole rings is 1. The van der Waals surface area contributed by atoms with Crippen molar-refractivity contribution in [1.82, 2.24) is 4.98 Å². The van der Waals surface area contributed by atoms with Gasteiger partial charge in [-0.25, -0.2) is 4.98 Å². The van der Waals surface area contributed by atoms with Crippen molar-refractivity contribution in [2.24, 2.45) is 0 Å². The normalized spacial score (nSPS) is 10.1. The lowest BCUT2D eigenvalue weighted by Crippen LogP contribution is -2.15. The lowest BCUT2D eigenvalue weighted by molar-refractivity contribution is -0.136. The second-order valence-corrected chi connectivity index (χ2v) is 5.03. The van der Waals surface area contributed by atoms with Crippen LogP contribution in [0.25, 0.3) is 0 Å². The summed E-state index contributed by atoms with van der Waals surface area (Å²) in [4.78, 5) is 26.3. The number of carboxylic acid groups (broad SMARTS) is 1. The van der Waals surface area contributed by atoms with Gasteiger partial charge in [0.2, 0.25) is 5.91 Å². The first kappa shape index (κ1) is 15.0. The molecule has 110 valence electrons. The third kappa shape index (κ3) is 5.23. The maximum Gasteiger partial charge on any atom is 0.309 e. The average Bonchev–Trinajstić information content (AvgIpc) is 2.86. The van der Waals surface area contributed by atoms with Crippen LogP contribution in [0.5, 0.6) is 5.75 Å². The fourth-order valence-electron chi connectivity index (χ4n) is 1.56. The quantitative estimate of drug-likeness (QED) is 0.818. The number of carboxylic acids is 1. The molecule has 6 nitrogen and oxygen atoms in total. The highest BCUT2D eigenvalue weighted by atomic mass is 32.1. The zero-order valence-electron chi connectivity index (χ0n) is 11.1. The number of ether oxygens (including phenoxy) is 1. The Kier molecular flexibility index (Phi) is 5.28. The zero-order chi connectivity index (χ0) is 15.1. The summed E-state index contributed by atoms with van der Waals surface area (Å²) in [5.74, 6) is -0.458. The van der Waals surface area contributed by atoms with Crippen LogP contribution in [0.3, 0.4) is 0 Å². The number of rotatable bonds is 7. The van der Waals surface area contributed by atoms with E-state index in [0.29, 0.717) is 16.6 Å². The minimum absolute atomic E-state index is 0.149. The fraction of sp³-hybridized carbons (Fsp3) is 0.214. The number of aliphatic carboxylic acids is 1. The van der Waals surface area contributed by atoms with Crippen molar-refractivity contribution in [3.63, 3.8) is 0 Å². The molecule has 7 heteroatoms. The van der Waals surface area contributed by atoms with Crippen LogP contribution in [0.15, 0.2) is 35.7 Å². The number of carbonyl (C=O) groups is 2. The van der Waals surface area contributed by atoms with Crippen LogP contribution in [0.2, 0.25) is 0 Å². The summed E-state index contributed by atoms with van der Waals surface area (Å²) < 4.78 is 5.42. The standard InChI is InChI=1S/C14H14N2O4S/c17-12(6-7-20-11-4-2-1-3-5-11)16-14-15-10(9-21-14)8-13(18)19/h1-5,9H,6-8H2,(H,18,19)(H,15,16,17). The smallest absolute Gasteiger partial charge is 0.309 e. The molecule has 0 aliphatic heterocycles. The van der Waals surface area contributed by atoms with Gasteiger partial charge in [-0.2, -0.15) is 0 Å². The summed E-state index contributed by atoms with van der Waals surface area (Å²) >= 11 is 1.20. The predicted molar refractivity (Wildman–Crippen MR) is 78.6 cm³/mol. The molecule has 1 aromatic heterocycles. The van der Waals surface area contributed by atoms with E-state index >= 15 is 0 Å². The van der Waals surface area contributed by atoms with Gasteiger partial charge in [0.25, 0.3) is 0 Å². The SMILES string of the molecule is O=C(O)Cc1csc(NC(=O)CCOc2ccccc2)n1. The van der Waals surface area contributed by atoms with Crippen LogP contribution >= 0.6 is 11.3 Å². The van der Waals surface area contributed by atoms with E-state index in [1.165, 1.54) is 11.3 Å². The summed E-state index contributed by atoms with van der Waals surface area (Å²) in [6, 6.07) is 9.23. The van der Waals surface area contributed by atoms with E-state index in [1.807, 2.05) is 30.3 Å². The minimum Gasteiger partial charge on any atom is -0.493 e. The van der Waals surface area contributed by atoms with Crippen LogP contribution in [-0.2, 0) is 16.0 Å². The molecule has 0 spiro atoms. The van der Waals surface area contributed by atoms with E-state index in [2.05, 4.69) is 10.3 Å². The van der Waals surface area contributed by atoms with Crippen LogP contribution in [-0.4, -0.2) is 28.6 Å². The predicted octanol–water partition coefficient (Wildman–Crippen LogP) is 2.18. The van der Waals surface area contributed by atoms with Gasteiger partial charge in [0.15, 0.2) is 5.13 Å². The van der Waals surface area contributed by atoms with Gasteiger partial charge in [0, 0.05) is 5.38 Å². The molecule has 1 aromatic carbocycles. The van der Waals surface area contributed by atoms with Crippen molar-refractivity contribution >= 4 is 28.3 Å². The third-order valence-electron chi connectivity index (χ3n) is 2.47. The van der Waals surface area contributed by atoms with Gasteiger partial charge in [-0.3, -0.25) is 9.59 Å². The highest BCUT2D eigenvalue weighted by Crippen LogP contribution is 2.16. The number of anilines is 1. The van der Waals surface area contributed by atoms with Gasteiger partial charge < -0.3 is 15.2 Å². The van der Waals surface area contributed by atoms with E-state index in [1.54, 1.807) is 5.38 Å². The molecular weight excluding hydrogens is 292 g/mol. The van der Waals surface area contributed by atoms with Crippen molar-refractivity contribution in [1.29, 1.82) is 0 Å². The van der Waals surface area contributed by atoms with Crippen molar-refractivity contribution in [3.8, 4) is 5.75 Å². The number of nitrogens with one attached hydrogen (secondary N) is 1. The molecule has 1 heterocycles. The van der Waals surface area contributed by atoms with Gasteiger partial charge in [-0.1, -0.05) is 18.2 Å². The zero-order valence-corrected chi connectivity index (χ0v) is 11.9. The van der Waals surface area contributed by atoms with Gasteiger partial charge in [0.05, 0.1) is 25.1 Å². The Morgan fingerprint density at radius 3 is 2.76 bits per heavy atom. The van der Waals surface area contributed by atoms with Gasteiger partial charge in [-0.05, 0) is 12.1 Å². The number of hydrogen-bond donors (Lipinski definition) is 2. The van der Waals surface area contributed by atoms with Crippen molar-refractivity contribution in [2.45, 2.75) is 12.8 Å². The van der Waals surface area contributed by atoms with Crippen molar-refractivity contribution < 1.29 is 19.4 Å². The molecular formula is C14H14N2O4S. The molecule has 21 heavy (non-hydrogen) atoms. The molecule has 0 radical (unpaired) electrons. The van der Waals surface area contributed by atoms with Crippen LogP contribution in [0.4, 0.5) is 5.13 Å². The Hall–Kier alpha value is -2.41. The minimum atomic E-state index is -0.950. The van der Waals surface area contributed by atoms with E-state index in [4.69, 9.17) is 9.84 Å². The van der Waals surface area contributed by atoms with Crippen molar-refractivity contribution in [2.75, 3.05) is 11.9 Å². The first-order valence-corrected chi connectivity index (χ1v) is 7.15.